The number of nitrogens with zero attached hydrogens (tertiary/aromatic N) is 1. The van der Waals surface area contributed by atoms with Crippen LogP contribution < -0.4 is 10.6 Å². The molecule has 2 N–H and O–H groups in total. The second kappa shape index (κ2) is 7.74. The largest absolute Gasteiger partial charge is 0.375 e. The number of hydrogen-bond donors (Lipinski definition) is 2. The molecular weight excluding hydrogens is 318 g/mol. The highest BCUT2D eigenvalue weighted by Gasteiger charge is 2.06. The van der Waals surface area contributed by atoms with Crippen molar-refractivity contribution in [2.75, 3.05) is 23.4 Å². The van der Waals surface area contributed by atoms with Crippen LogP contribution in [-0.2, 0) is 4.79 Å². The maximum Gasteiger partial charge on any atom is 0.243 e. The van der Waals surface area contributed by atoms with E-state index in [4.69, 9.17) is 16.9 Å². The van der Waals surface area contributed by atoms with E-state index in [0.29, 0.717) is 16.3 Å². The molecule has 0 aromatic heterocycles. The number of benzene rings is 2. The van der Waals surface area contributed by atoms with Crippen LogP contribution in [0, 0.1) is 11.3 Å². The van der Waals surface area contributed by atoms with Crippen molar-refractivity contribution in [3.05, 3.63) is 53.1 Å². The molecule has 22 heavy (non-hydrogen) atoms. The van der Waals surface area contributed by atoms with Crippen molar-refractivity contribution in [3.63, 3.8) is 0 Å². The summed E-state index contributed by atoms with van der Waals surface area (Å²) < 4.78 is 0. The highest BCUT2D eigenvalue weighted by Crippen LogP contribution is 2.24. The van der Waals surface area contributed by atoms with Crippen LogP contribution in [0.15, 0.2) is 47.4 Å². The first-order valence-corrected chi connectivity index (χ1v) is 8.10. The molecule has 0 atom stereocenters. The predicted molar refractivity (Wildman–Crippen MR) is 91.5 cm³/mol. The molecule has 0 aliphatic rings. The van der Waals surface area contributed by atoms with E-state index in [1.807, 2.05) is 36.6 Å². The predicted octanol–water partition coefficient (Wildman–Crippen LogP) is 3.98. The monoisotopic (exact) mass is 331 g/mol. The highest BCUT2D eigenvalue weighted by molar-refractivity contribution is 7.98. The van der Waals surface area contributed by atoms with Gasteiger partial charge in [-0.1, -0.05) is 23.7 Å². The van der Waals surface area contributed by atoms with Gasteiger partial charge in [0.05, 0.1) is 17.1 Å². The average molecular weight is 332 g/mol. The van der Waals surface area contributed by atoms with Gasteiger partial charge in [0.25, 0.3) is 0 Å². The standard InChI is InChI=1S/C16H14ClN3OS/c1-22-15-5-3-2-4-14(15)19-10-16(21)20-12-7-6-11(9-18)13(17)8-12/h2-8,19H,10H2,1H3,(H,20,21). The minimum absolute atomic E-state index is 0.148. The van der Waals surface area contributed by atoms with Crippen LogP contribution in [0.5, 0.6) is 0 Å². The van der Waals surface area contributed by atoms with Crippen LogP contribution in [0.2, 0.25) is 5.02 Å². The lowest BCUT2D eigenvalue weighted by atomic mass is 10.2. The van der Waals surface area contributed by atoms with Gasteiger partial charge in [0.2, 0.25) is 5.91 Å². The summed E-state index contributed by atoms with van der Waals surface area (Å²) in [7, 11) is 0. The third-order valence-corrected chi connectivity index (χ3v) is 4.03. The lowest BCUT2D eigenvalue weighted by Gasteiger charge is -2.11. The molecule has 0 aliphatic carbocycles. The quantitative estimate of drug-likeness (QED) is 0.813. The summed E-state index contributed by atoms with van der Waals surface area (Å²) in [5, 5.41) is 15.0. The number of hydrogen-bond acceptors (Lipinski definition) is 4. The third kappa shape index (κ3) is 4.17. The first kappa shape index (κ1) is 16.2. The SMILES string of the molecule is CSc1ccccc1NCC(=O)Nc1ccc(C#N)c(Cl)c1. The molecule has 0 saturated heterocycles. The Bertz CT molecular complexity index is 728. The fourth-order valence-corrected chi connectivity index (χ4v) is 2.65. The summed E-state index contributed by atoms with van der Waals surface area (Å²) in [5.41, 5.74) is 1.86. The molecule has 0 unspecified atom stereocenters. The van der Waals surface area contributed by atoms with E-state index in [1.54, 1.807) is 30.0 Å². The van der Waals surface area contributed by atoms with Gasteiger partial charge >= 0.3 is 0 Å². The normalized spacial score (nSPS) is 9.86. The Hall–Kier alpha value is -2.16. The number of anilines is 2. The summed E-state index contributed by atoms with van der Waals surface area (Å²) in [4.78, 5) is 13.0. The molecule has 1 amide bonds. The van der Waals surface area contributed by atoms with Gasteiger partial charge in [-0.3, -0.25) is 4.79 Å². The van der Waals surface area contributed by atoms with Crippen molar-refractivity contribution >= 4 is 40.6 Å². The van der Waals surface area contributed by atoms with Gasteiger partial charge in [-0.2, -0.15) is 5.26 Å². The van der Waals surface area contributed by atoms with Gasteiger partial charge in [0.15, 0.2) is 0 Å². The molecule has 0 radical (unpaired) electrons. The maximum absolute atomic E-state index is 12.0. The molecule has 2 aromatic carbocycles. The van der Waals surface area contributed by atoms with Crippen molar-refractivity contribution < 1.29 is 4.79 Å². The number of halogens is 1. The first-order chi connectivity index (χ1) is 10.6. The lowest BCUT2D eigenvalue weighted by molar-refractivity contribution is -0.114. The second-order valence-electron chi connectivity index (χ2n) is 4.41. The van der Waals surface area contributed by atoms with Gasteiger partial charge in [0.1, 0.15) is 6.07 Å². The molecule has 2 aromatic rings. The van der Waals surface area contributed by atoms with Crippen molar-refractivity contribution in [2.45, 2.75) is 4.90 Å². The number of para-hydroxylation sites is 1. The molecule has 0 aliphatic heterocycles. The van der Waals surface area contributed by atoms with Crippen LogP contribution in [-0.4, -0.2) is 18.7 Å². The highest BCUT2D eigenvalue weighted by atomic mass is 35.5. The average Bonchev–Trinajstić information content (AvgIpc) is 2.53. The van der Waals surface area contributed by atoms with E-state index >= 15 is 0 Å². The fourth-order valence-electron chi connectivity index (χ4n) is 1.85. The smallest absolute Gasteiger partial charge is 0.243 e. The van der Waals surface area contributed by atoms with Crippen molar-refractivity contribution in [2.24, 2.45) is 0 Å². The van der Waals surface area contributed by atoms with Crippen LogP contribution in [0.3, 0.4) is 0 Å². The third-order valence-electron chi connectivity index (χ3n) is 2.92. The van der Waals surface area contributed by atoms with E-state index in [1.165, 1.54) is 0 Å². The molecule has 0 bridgehead atoms. The zero-order valence-corrected chi connectivity index (χ0v) is 13.5. The number of carbonyl (C=O) groups is 1. The molecule has 0 fully saturated rings. The zero-order valence-electron chi connectivity index (χ0n) is 11.9. The molecule has 0 spiro atoms. The zero-order chi connectivity index (χ0) is 15.9. The minimum Gasteiger partial charge on any atom is -0.375 e. The Labute approximate surface area is 138 Å². The van der Waals surface area contributed by atoms with Crippen molar-refractivity contribution in [1.82, 2.24) is 0 Å². The van der Waals surface area contributed by atoms with Crippen molar-refractivity contribution in [3.8, 4) is 6.07 Å². The first-order valence-electron chi connectivity index (χ1n) is 6.50. The maximum atomic E-state index is 12.0. The van der Waals surface area contributed by atoms with Gasteiger partial charge in [-0.15, -0.1) is 11.8 Å². The Morgan fingerprint density at radius 1 is 1.32 bits per heavy atom. The summed E-state index contributed by atoms with van der Waals surface area (Å²) in [6.45, 7) is 0.148. The Morgan fingerprint density at radius 3 is 2.77 bits per heavy atom. The summed E-state index contributed by atoms with van der Waals surface area (Å²) >= 11 is 7.55. The van der Waals surface area contributed by atoms with E-state index in [0.717, 1.165) is 10.6 Å². The lowest BCUT2D eigenvalue weighted by Crippen LogP contribution is -2.21. The van der Waals surface area contributed by atoms with Crippen LogP contribution in [0.1, 0.15) is 5.56 Å². The molecule has 4 nitrogen and oxygen atoms in total. The number of amides is 1. The van der Waals surface area contributed by atoms with Crippen LogP contribution in [0.25, 0.3) is 0 Å². The van der Waals surface area contributed by atoms with Crippen molar-refractivity contribution in [1.29, 1.82) is 5.26 Å². The number of nitriles is 1. The minimum atomic E-state index is -0.184. The molecule has 2 rings (SSSR count). The number of carbonyl (C=O) groups excluding carboxylic acids is 1. The van der Waals surface area contributed by atoms with Gasteiger partial charge in [0, 0.05) is 16.3 Å². The molecule has 6 heteroatoms. The Kier molecular flexibility index (Phi) is 5.70. The second-order valence-corrected chi connectivity index (χ2v) is 5.66. The van der Waals surface area contributed by atoms with E-state index in [-0.39, 0.29) is 12.5 Å². The molecule has 112 valence electrons. The number of nitrogens with one attached hydrogen (secondary N) is 2. The molecule has 0 saturated carbocycles. The summed E-state index contributed by atoms with van der Waals surface area (Å²) in [5.74, 6) is -0.184. The van der Waals surface area contributed by atoms with E-state index in [2.05, 4.69) is 10.6 Å². The Balaban J connectivity index is 1.96. The number of thioether (sulfide) groups is 1. The summed E-state index contributed by atoms with van der Waals surface area (Å²) in [6.07, 6.45) is 1.99. The molecule has 0 heterocycles. The van der Waals surface area contributed by atoms with E-state index < -0.39 is 0 Å². The van der Waals surface area contributed by atoms with Crippen LogP contribution in [0.4, 0.5) is 11.4 Å². The van der Waals surface area contributed by atoms with Crippen LogP contribution >= 0.6 is 23.4 Å². The van der Waals surface area contributed by atoms with Gasteiger partial charge in [-0.25, -0.2) is 0 Å². The van der Waals surface area contributed by atoms with Gasteiger partial charge < -0.3 is 10.6 Å². The van der Waals surface area contributed by atoms with E-state index in [9.17, 15) is 4.79 Å². The fraction of sp³-hybridized carbons (Fsp3) is 0.125. The number of rotatable bonds is 5. The molecular formula is C16H14ClN3OS. The Morgan fingerprint density at radius 2 is 2.09 bits per heavy atom. The topological polar surface area (TPSA) is 64.9 Å². The van der Waals surface area contributed by atoms with Gasteiger partial charge in [-0.05, 0) is 36.6 Å². The summed E-state index contributed by atoms with van der Waals surface area (Å²) in [6, 6.07) is 14.6.